The van der Waals surface area contributed by atoms with Crippen molar-refractivity contribution in [1.29, 1.82) is 0 Å². The van der Waals surface area contributed by atoms with Crippen molar-refractivity contribution in [2.75, 3.05) is 26.7 Å². The van der Waals surface area contributed by atoms with Gasteiger partial charge in [-0.2, -0.15) is 0 Å². The van der Waals surface area contributed by atoms with Crippen LogP contribution in [0.25, 0.3) is 0 Å². The summed E-state index contributed by atoms with van der Waals surface area (Å²) in [5.74, 6) is -0.344. The number of unbranched alkanes of at least 4 members (excludes halogenated alkanes) is 2. The summed E-state index contributed by atoms with van der Waals surface area (Å²) in [6.07, 6.45) is 3.25. The molecule has 0 aromatic heterocycles. The summed E-state index contributed by atoms with van der Waals surface area (Å²) in [6, 6.07) is -0.323. The topological polar surface area (TPSA) is 58.6 Å². The average Bonchev–Trinajstić information content (AvgIpc) is 2.33. The van der Waals surface area contributed by atoms with Gasteiger partial charge in [-0.05, 0) is 27.3 Å². The lowest BCUT2D eigenvalue weighted by molar-refractivity contribution is -0.145. The molecular formula is C13H26N2O3. The second kappa shape index (κ2) is 9.88. The minimum absolute atomic E-state index is 0.0436. The molecule has 106 valence electrons. The molecule has 1 atom stereocenters. The fourth-order valence-electron chi connectivity index (χ4n) is 1.48. The Kier molecular flexibility index (Phi) is 9.28. The Bertz CT molecular complexity index is 257. The SMILES string of the molecule is CCCCCNC(=O)C(C)N(C)CC(=O)OCC. The highest BCUT2D eigenvalue weighted by molar-refractivity contribution is 5.82. The third-order valence-electron chi connectivity index (χ3n) is 2.80. The van der Waals surface area contributed by atoms with Gasteiger partial charge in [-0.1, -0.05) is 19.8 Å². The highest BCUT2D eigenvalue weighted by Crippen LogP contribution is 1.97. The lowest BCUT2D eigenvalue weighted by Gasteiger charge is -2.22. The van der Waals surface area contributed by atoms with Crippen molar-refractivity contribution >= 4 is 11.9 Å². The molecule has 0 saturated carbocycles. The molecule has 1 amide bonds. The van der Waals surface area contributed by atoms with Gasteiger partial charge in [0.05, 0.1) is 19.2 Å². The van der Waals surface area contributed by atoms with Crippen LogP contribution in [0.4, 0.5) is 0 Å². The Hall–Kier alpha value is -1.10. The van der Waals surface area contributed by atoms with E-state index in [1.165, 1.54) is 0 Å². The summed E-state index contributed by atoms with van der Waals surface area (Å²) < 4.78 is 4.84. The first-order chi connectivity index (χ1) is 8.52. The molecule has 0 aromatic rings. The molecule has 1 N–H and O–H groups in total. The summed E-state index contributed by atoms with van der Waals surface area (Å²) in [7, 11) is 1.74. The Balaban J connectivity index is 3.92. The van der Waals surface area contributed by atoms with Gasteiger partial charge in [0.15, 0.2) is 0 Å². The lowest BCUT2D eigenvalue weighted by Crippen LogP contribution is -2.45. The van der Waals surface area contributed by atoms with Gasteiger partial charge in [0.1, 0.15) is 0 Å². The van der Waals surface area contributed by atoms with Gasteiger partial charge in [-0.15, -0.1) is 0 Å². The number of likely N-dealkylation sites (N-methyl/N-ethyl adjacent to an activating group) is 1. The number of nitrogens with one attached hydrogen (secondary N) is 1. The van der Waals surface area contributed by atoms with Gasteiger partial charge in [-0.25, -0.2) is 0 Å². The van der Waals surface area contributed by atoms with Crippen LogP contribution in [0.2, 0.25) is 0 Å². The van der Waals surface area contributed by atoms with E-state index >= 15 is 0 Å². The van der Waals surface area contributed by atoms with Crippen LogP contribution in [-0.2, 0) is 14.3 Å². The Morgan fingerprint density at radius 1 is 1.28 bits per heavy atom. The van der Waals surface area contributed by atoms with Crippen molar-refractivity contribution < 1.29 is 14.3 Å². The molecule has 1 unspecified atom stereocenters. The standard InChI is InChI=1S/C13H26N2O3/c1-5-7-8-9-14-13(17)11(3)15(4)10-12(16)18-6-2/h11H,5-10H2,1-4H3,(H,14,17). The molecule has 0 radical (unpaired) electrons. The number of esters is 1. The molecular weight excluding hydrogens is 232 g/mol. The minimum atomic E-state index is -0.323. The number of ether oxygens (including phenoxy) is 1. The first-order valence-electron chi connectivity index (χ1n) is 6.66. The number of nitrogens with zero attached hydrogens (tertiary/aromatic N) is 1. The van der Waals surface area contributed by atoms with Crippen LogP contribution in [0.1, 0.15) is 40.0 Å². The second-order valence-corrected chi connectivity index (χ2v) is 4.39. The van der Waals surface area contributed by atoms with Crippen LogP contribution >= 0.6 is 0 Å². The van der Waals surface area contributed by atoms with Gasteiger partial charge >= 0.3 is 5.97 Å². The summed E-state index contributed by atoms with van der Waals surface area (Å²) >= 11 is 0. The Labute approximate surface area is 110 Å². The van der Waals surface area contributed by atoms with E-state index in [0.717, 1.165) is 19.3 Å². The fourth-order valence-corrected chi connectivity index (χ4v) is 1.48. The van der Waals surface area contributed by atoms with E-state index in [1.807, 2.05) is 0 Å². The number of hydrogen-bond acceptors (Lipinski definition) is 4. The van der Waals surface area contributed by atoms with Crippen molar-refractivity contribution in [3.05, 3.63) is 0 Å². The smallest absolute Gasteiger partial charge is 0.320 e. The monoisotopic (exact) mass is 258 g/mol. The molecule has 0 heterocycles. The van der Waals surface area contributed by atoms with Gasteiger partial charge < -0.3 is 10.1 Å². The van der Waals surface area contributed by atoms with Gasteiger partial charge in [0.25, 0.3) is 0 Å². The molecule has 0 aromatic carbocycles. The maximum Gasteiger partial charge on any atom is 0.320 e. The van der Waals surface area contributed by atoms with Crippen LogP contribution in [0.3, 0.4) is 0 Å². The third kappa shape index (κ3) is 7.27. The molecule has 5 nitrogen and oxygen atoms in total. The quantitative estimate of drug-likeness (QED) is 0.498. The minimum Gasteiger partial charge on any atom is -0.465 e. The molecule has 0 bridgehead atoms. The second-order valence-electron chi connectivity index (χ2n) is 4.39. The van der Waals surface area contributed by atoms with Crippen LogP contribution in [-0.4, -0.2) is 49.6 Å². The van der Waals surface area contributed by atoms with E-state index in [0.29, 0.717) is 13.2 Å². The predicted octanol–water partition coefficient (Wildman–Crippen LogP) is 1.18. The van der Waals surface area contributed by atoms with E-state index in [2.05, 4.69) is 12.2 Å². The Morgan fingerprint density at radius 3 is 2.50 bits per heavy atom. The number of rotatable bonds is 9. The molecule has 5 heteroatoms. The number of amides is 1. The van der Waals surface area contributed by atoms with E-state index in [4.69, 9.17) is 4.74 Å². The fraction of sp³-hybridized carbons (Fsp3) is 0.846. The molecule has 0 saturated heterocycles. The molecule has 0 fully saturated rings. The molecule has 0 spiro atoms. The zero-order valence-corrected chi connectivity index (χ0v) is 12.0. The van der Waals surface area contributed by atoms with E-state index in [9.17, 15) is 9.59 Å². The van der Waals surface area contributed by atoms with Crippen molar-refractivity contribution in [2.45, 2.75) is 46.1 Å². The molecule has 0 aliphatic carbocycles. The molecule has 0 rings (SSSR count). The first kappa shape index (κ1) is 16.9. The van der Waals surface area contributed by atoms with Crippen molar-refractivity contribution in [3.8, 4) is 0 Å². The van der Waals surface area contributed by atoms with Crippen molar-refractivity contribution in [2.24, 2.45) is 0 Å². The van der Waals surface area contributed by atoms with Gasteiger partial charge in [0.2, 0.25) is 5.91 Å². The largest absolute Gasteiger partial charge is 0.465 e. The van der Waals surface area contributed by atoms with E-state index in [1.54, 1.807) is 25.8 Å². The average molecular weight is 258 g/mol. The van der Waals surface area contributed by atoms with Gasteiger partial charge in [0, 0.05) is 6.54 Å². The van der Waals surface area contributed by atoms with Crippen LogP contribution in [0.5, 0.6) is 0 Å². The van der Waals surface area contributed by atoms with Gasteiger partial charge in [-0.3, -0.25) is 14.5 Å². The third-order valence-corrected chi connectivity index (χ3v) is 2.80. The maximum atomic E-state index is 11.8. The highest BCUT2D eigenvalue weighted by atomic mass is 16.5. The van der Waals surface area contributed by atoms with Crippen molar-refractivity contribution in [1.82, 2.24) is 10.2 Å². The first-order valence-corrected chi connectivity index (χ1v) is 6.66. The highest BCUT2D eigenvalue weighted by Gasteiger charge is 2.19. The summed E-state index contributed by atoms with van der Waals surface area (Å²) in [4.78, 5) is 24.8. The number of carbonyl (C=O) groups is 2. The Morgan fingerprint density at radius 2 is 1.94 bits per heavy atom. The van der Waals surface area contributed by atoms with Crippen LogP contribution < -0.4 is 5.32 Å². The number of carbonyl (C=O) groups excluding carboxylic acids is 2. The zero-order chi connectivity index (χ0) is 14.0. The predicted molar refractivity (Wildman–Crippen MR) is 71.3 cm³/mol. The molecule has 18 heavy (non-hydrogen) atoms. The summed E-state index contributed by atoms with van der Waals surface area (Å²) in [6.45, 7) is 6.87. The van der Waals surface area contributed by atoms with Crippen molar-refractivity contribution in [3.63, 3.8) is 0 Å². The zero-order valence-electron chi connectivity index (χ0n) is 12.0. The van der Waals surface area contributed by atoms with Crippen LogP contribution in [0, 0.1) is 0 Å². The number of hydrogen-bond donors (Lipinski definition) is 1. The maximum absolute atomic E-state index is 11.8. The summed E-state index contributed by atoms with van der Waals surface area (Å²) in [5.41, 5.74) is 0. The molecule has 0 aliphatic rings. The lowest BCUT2D eigenvalue weighted by atomic mass is 10.2. The van der Waals surface area contributed by atoms with E-state index < -0.39 is 0 Å². The van der Waals surface area contributed by atoms with E-state index in [-0.39, 0.29) is 24.5 Å². The van der Waals surface area contributed by atoms with Crippen LogP contribution in [0.15, 0.2) is 0 Å². The normalized spacial score (nSPS) is 12.3. The molecule has 0 aliphatic heterocycles. The summed E-state index contributed by atoms with van der Waals surface area (Å²) in [5, 5.41) is 2.87.